The summed E-state index contributed by atoms with van der Waals surface area (Å²) in [5.74, 6) is 1.52. The van der Waals surface area contributed by atoms with Crippen LogP contribution in [0.2, 0.25) is 0 Å². The van der Waals surface area contributed by atoms with Crippen molar-refractivity contribution in [1.82, 2.24) is 9.55 Å². The predicted molar refractivity (Wildman–Crippen MR) is 122 cm³/mol. The summed E-state index contributed by atoms with van der Waals surface area (Å²) in [5, 5.41) is 3.03. The fraction of sp³-hybridized carbons (Fsp3) is 0.125. The third-order valence-corrected chi connectivity index (χ3v) is 4.70. The number of amides is 1. The van der Waals surface area contributed by atoms with E-state index in [0.29, 0.717) is 34.7 Å². The summed E-state index contributed by atoms with van der Waals surface area (Å²) in [6.45, 7) is 2.11. The van der Waals surface area contributed by atoms with Crippen LogP contribution in [0.4, 0.5) is 5.69 Å². The lowest BCUT2D eigenvalue weighted by atomic mass is 10.2. The van der Waals surface area contributed by atoms with Gasteiger partial charge in [0.15, 0.2) is 0 Å². The summed E-state index contributed by atoms with van der Waals surface area (Å²) in [5.41, 5.74) is -0.205. The molecule has 8 nitrogen and oxygen atoms in total. The summed E-state index contributed by atoms with van der Waals surface area (Å²) < 4.78 is 12.1. The van der Waals surface area contributed by atoms with Gasteiger partial charge in [0.1, 0.15) is 23.8 Å². The highest BCUT2D eigenvalue weighted by atomic mass is 16.5. The highest BCUT2D eigenvalue weighted by molar-refractivity contribution is 5.90. The number of aromatic amines is 1. The van der Waals surface area contributed by atoms with E-state index in [-0.39, 0.29) is 0 Å². The first-order valence-electron chi connectivity index (χ1n) is 10.1. The van der Waals surface area contributed by atoms with Gasteiger partial charge in [-0.25, -0.2) is 4.79 Å². The zero-order valence-corrected chi connectivity index (χ0v) is 17.3. The standard InChI is InChI=1S/C24H21N3O5/c1-2-31-17-11-13-19(14-12-17)32-18-9-7-16(8-10-18)25-22(28)15-27-23(29)20-5-3-4-6-21(20)26-24(27)30/h3-14H,2,15H2,1H3,(H,25,28)(H,26,30). The van der Waals surface area contributed by atoms with Gasteiger partial charge in [-0.1, -0.05) is 12.1 Å². The van der Waals surface area contributed by atoms with Crippen LogP contribution in [-0.2, 0) is 11.3 Å². The first-order chi connectivity index (χ1) is 15.5. The minimum absolute atomic E-state index is 0.343. The minimum atomic E-state index is -0.636. The molecule has 1 heterocycles. The number of hydrogen-bond donors (Lipinski definition) is 2. The van der Waals surface area contributed by atoms with Gasteiger partial charge in [-0.3, -0.25) is 14.2 Å². The molecule has 0 aliphatic heterocycles. The van der Waals surface area contributed by atoms with Crippen LogP contribution in [0.5, 0.6) is 17.2 Å². The Kier molecular flexibility index (Phi) is 6.03. The van der Waals surface area contributed by atoms with Crippen LogP contribution in [0.25, 0.3) is 10.9 Å². The molecule has 2 N–H and O–H groups in total. The van der Waals surface area contributed by atoms with Gasteiger partial charge in [0.05, 0.1) is 17.5 Å². The van der Waals surface area contributed by atoms with Gasteiger partial charge in [0.25, 0.3) is 5.56 Å². The number of H-pyrrole nitrogens is 1. The third kappa shape index (κ3) is 4.70. The Hall–Kier alpha value is -4.33. The van der Waals surface area contributed by atoms with Crippen LogP contribution in [0, 0.1) is 0 Å². The molecule has 0 saturated heterocycles. The van der Waals surface area contributed by atoms with Crippen LogP contribution in [0.15, 0.2) is 82.4 Å². The molecule has 162 valence electrons. The van der Waals surface area contributed by atoms with Gasteiger partial charge in [-0.15, -0.1) is 0 Å². The fourth-order valence-corrected chi connectivity index (χ4v) is 3.20. The lowest BCUT2D eigenvalue weighted by Gasteiger charge is -2.10. The highest BCUT2D eigenvalue weighted by Crippen LogP contribution is 2.25. The van der Waals surface area contributed by atoms with E-state index in [2.05, 4.69) is 10.3 Å². The molecule has 0 unspecified atom stereocenters. The van der Waals surface area contributed by atoms with Gasteiger partial charge in [0.2, 0.25) is 5.91 Å². The molecule has 1 amide bonds. The van der Waals surface area contributed by atoms with Crippen molar-refractivity contribution in [1.29, 1.82) is 0 Å². The van der Waals surface area contributed by atoms with Crippen molar-refractivity contribution >= 4 is 22.5 Å². The maximum Gasteiger partial charge on any atom is 0.329 e. The Morgan fingerprint density at radius 1 is 0.906 bits per heavy atom. The van der Waals surface area contributed by atoms with Crippen molar-refractivity contribution in [3.63, 3.8) is 0 Å². The molecule has 0 aliphatic carbocycles. The first-order valence-corrected chi connectivity index (χ1v) is 10.1. The summed E-state index contributed by atoms with van der Waals surface area (Å²) in [6.07, 6.45) is 0. The molecule has 1 aromatic heterocycles. The van der Waals surface area contributed by atoms with Crippen molar-refractivity contribution in [3.8, 4) is 17.2 Å². The van der Waals surface area contributed by atoms with E-state index in [1.54, 1.807) is 60.7 Å². The number of carbonyl (C=O) groups excluding carboxylic acids is 1. The summed E-state index contributed by atoms with van der Waals surface area (Å²) in [4.78, 5) is 39.8. The van der Waals surface area contributed by atoms with Gasteiger partial charge in [-0.2, -0.15) is 0 Å². The molecule has 0 fully saturated rings. The van der Waals surface area contributed by atoms with E-state index in [0.717, 1.165) is 10.3 Å². The maximum absolute atomic E-state index is 12.6. The van der Waals surface area contributed by atoms with Crippen LogP contribution in [0.3, 0.4) is 0 Å². The van der Waals surface area contributed by atoms with E-state index in [9.17, 15) is 14.4 Å². The fourth-order valence-electron chi connectivity index (χ4n) is 3.20. The van der Waals surface area contributed by atoms with Crippen molar-refractivity contribution in [2.75, 3.05) is 11.9 Å². The lowest BCUT2D eigenvalue weighted by molar-refractivity contribution is -0.116. The second-order valence-electron chi connectivity index (χ2n) is 6.95. The van der Waals surface area contributed by atoms with Crippen molar-refractivity contribution in [2.45, 2.75) is 13.5 Å². The average molecular weight is 431 g/mol. The number of anilines is 1. The minimum Gasteiger partial charge on any atom is -0.494 e. The van der Waals surface area contributed by atoms with Crippen LogP contribution >= 0.6 is 0 Å². The summed E-state index contributed by atoms with van der Waals surface area (Å²) in [7, 11) is 0. The Labute approximate surface area is 183 Å². The van der Waals surface area contributed by atoms with E-state index in [1.807, 2.05) is 19.1 Å². The molecule has 0 aliphatic rings. The smallest absolute Gasteiger partial charge is 0.329 e. The van der Waals surface area contributed by atoms with Crippen LogP contribution in [-0.4, -0.2) is 22.1 Å². The Morgan fingerprint density at radius 2 is 1.53 bits per heavy atom. The molecule has 8 heteroatoms. The second kappa shape index (κ2) is 9.22. The largest absolute Gasteiger partial charge is 0.494 e. The SMILES string of the molecule is CCOc1ccc(Oc2ccc(NC(=O)Cn3c(=O)[nH]c4ccccc4c3=O)cc2)cc1. The molecule has 0 spiro atoms. The number of carbonyl (C=O) groups is 1. The quantitative estimate of drug-likeness (QED) is 0.466. The van der Waals surface area contributed by atoms with Crippen molar-refractivity contribution in [3.05, 3.63) is 93.6 Å². The van der Waals surface area contributed by atoms with Gasteiger partial charge >= 0.3 is 5.69 Å². The molecule has 0 radical (unpaired) electrons. The normalized spacial score (nSPS) is 10.7. The van der Waals surface area contributed by atoms with Crippen molar-refractivity contribution in [2.24, 2.45) is 0 Å². The third-order valence-electron chi connectivity index (χ3n) is 4.70. The average Bonchev–Trinajstić information content (AvgIpc) is 2.79. The van der Waals surface area contributed by atoms with Gasteiger partial charge in [0, 0.05) is 5.69 Å². The molecular weight excluding hydrogens is 410 g/mol. The van der Waals surface area contributed by atoms with Crippen LogP contribution in [0.1, 0.15) is 6.92 Å². The summed E-state index contributed by atoms with van der Waals surface area (Å²) >= 11 is 0. The molecule has 32 heavy (non-hydrogen) atoms. The number of rotatable bonds is 7. The van der Waals surface area contributed by atoms with E-state index < -0.39 is 23.7 Å². The van der Waals surface area contributed by atoms with Gasteiger partial charge in [-0.05, 0) is 67.6 Å². The zero-order chi connectivity index (χ0) is 22.5. The molecule has 4 rings (SSSR count). The second-order valence-corrected chi connectivity index (χ2v) is 6.95. The number of para-hydroxylation sites is 1. The van der Waals surface area contributed by atoms with Gasteiger partial charge < -0.3 is 19.8 Å². The lowest BCUT2D eigenvalue weighted by Crippen LogP contribution is -2.38. The maximum atomic E-state index is 12.6. The van der Waals surface area contributed by atoms with E-state index in [4.69, 9.17) is 9.47 Å². The Bertz CT molecular complexity index is 1360. The molecular formula is C24H21N3O5. The summed E-state index contributed by atoms with van der Waals surface area (Å²) in [6, 6.07) is 20.7. The van der Waals surface area contributed by atoms with Crippen molar-refractivity contribution < 1.29 is 14.3 Å². The van der Waals surface area contributed by atoms with E-state index >= 15 is 0 Å². The molecule has 4 aromatic rings. The molecule has 0 saturated carbocycles. The zero-order valence-electron chi connectivity index (χ0n) is 17.3. The monoisotopic (exact) mass is 431 g/mol. The number of fused-ring (bicyclic) bond motifs is 1. The molecule has 0 bridgehead atoms. The number of hydrogen-bond acceptors (Lipinski definition) is 5. The molecule has 3 aromatic carbocycles. The Balaban J connectivity index is 1.41. The predicted octanol–water partition coefficient (Wildman–Crippen LogP) is 3.52. The number of benzene rings is 3. The van der Waals surface area contributed by atoms with Crippen LogP contribution < -0.4 is 26.0 Å². The molecule has 0 atom stereocenters. The topological polar surface area (TPSA) is 102 Å². The number of aromatic nitrogens is 2. The number of ether oxygens (including phenoxy) is 2. The number of nitrogens with zero attached hydrogens (tertiary/aromatic N) is 1. The first kappa shape index (κ1) is 20.9. The van der Waals surface area contributed by atoms with E-state index in [1.165, 1.54) is 0 Å². The highest BCUT2D eigenvalue weighted by Gasteiger charge is 2.11. The number of nitrogens with one attached hydrogen (secondary N) is 2. The Morgan fingerprint density at radius 3 is 2.22 bits per heavy atom.